The summed E-state index contributed by atoms with van der Waals surface area (Å²) in [5.41, 5.74) is 0.769. The smallest absolute Gasteiger partial charge is 0.325 e. The Bertz CT molecular complexity index is 576. The second-order valence-electron chi connectivity index (χ2n) is 5.48. The first-order valence-electron chi connectivity index (χ1n) is 8.37. The third-order valence-electron chi connectivity index (χ3n) is 3.74. The molecule has 8 heteroatoms. The fourth-order valence-corrected chi connectivity index (χ4v) is 2.68. The summed E-state index contributed by atoms with van der Waals surface area (Å²) in [5.74, 6) is -0.240. The van der Waals surface area contributed by atoms with Gasteiger partial charge >= 0.3 is 6.03 Å². The highest BCUT2D eigenvalue weighted by Crippen LogP contribution is 2.22. The Labute approximate surface area is 152 Å². The molecule has 0 atom stereocenters. The molecule has 1 aliphatic heterocycles. The fraction of sp³-hybridized carbons (Fsp3) is 0.529. The zero-order valence-corrected chi connectivity index (χ0v) is 15.3. The molecule has 1 aromatic rings. The molecule has 0 radical (unpaired) electrons. The van der Waals surface area contributed by atoms with Crippen LogP contribution in [-0.4, -0.2) is 62.5 Å². The van der Waals surface area contributed by atoms with Gasteiger partial charge in [-0.2, -0.15) is 0 Å². The summed E-state index contributed by atoms with van der Waals surface area (Å²) in [6.07, 6.45) is -0.473. The Morgan fingerprint density at radius 1 is 1.20 bits per heavy atom. The maximum absolute atomic E-state index is 12.5. The molecule has 0 spiro atoms. The van der Waals surface area contributed by atoms with E-state index >= 15 is 0 Å². The van der Waals surface area contributed by atoms with Gasteiger partial charge in [0.2, 0.25) is 5.91 Å². The molecule has 1 aromatic carbocycles. The van der Waals surface area contributed by atoms with Crippen LogP contribution in [0.1, 0.15) is 13.8 Å². The van der Waals surface area contributed by atoms with E-state index in [1.807, 2.05) is 13.8 Å². The maximum Gasteiger partial charge on any atom is 0.325 e. The van der Waals surface area contributed by atoms with Crippen LogP contribution in [0.5, 0.6) is 0 Å². The highest BCUT2D eigenvalue weighted by Gasteiger charge is 2.30. The van der Waals surface area contributed by atoms with Crippen molar-refractivity contribution in [2.75, 3.05) is 44.3 Å². The van der Waals surface area contributed by atoms with Gasteiger partial charge in [0.1, 0.15) is 6.54 Å². The molecule has 0 aromatic heterocycles. The normalized spacial score (nSPS) is 14.5. The number of rotatable bonds is 9. The number of nitrogens with zero attached hydrogens (tertiary/aromatic N) is 2. The van der Waals surface area contributed by atoms with E-state index in [1.54, 1.807) is 29.2 Å². The van der Waals surface area contributed by atoms with Gasteiger partial charge in [-0.15, -0.1) is 0 Å². The van der Waals surface area contributed by atoms with Gasteiger partial charge < -0.3 is 19.7 Å². The third kappa shape index (κ3) is 5.59. The molecule has 1 saturated heterocycles. The van der Waals surface area contributed by atoms with Crippen molar-refractivity contribution >= 4 is 29.2 Å². The van der Waals surface area contributed by atoms with Crippen molar-refractivity contribution in [2.45, 2.75) is 20.1 Å². The minimum absolute atomic E-state index is 0.00783. The van der Waals surface area contributed by atoms with Crippen molar-refractivity contribution in [3.63, 3.8) is 0 Å². The van der Waals surface area contributed by atoms with Crippen molar-refractivity contribution < 1.29 is 19.1 Å². The summed E-state index contributed by atoms with van der Waals surface area (Å²) in [6, 6.07) is 6.86. The van der Waals surface area contributed by atoms with Gasteiger partial charge in [-0.3, -0.25) is 9.69 Å². The number of amides is 3. The number of hydrogen-bond acceptors (Lipinski definition) is 4. The second-order valence-corrected chi connectivity index (χ2v) is 5.91. The number of urea groups is 1. The van der Waals surface area contributed by atoms with Gasteiger partial charge in [-0.05, 0) is 38.1 Å². The summed E-state index contributed by atoms with van der Waals surface area (Å²) in [4.78, 5) is 27.7. The fourth-order valence-electron chi connectivity index (χ4n) is 2.55. The standard InChI is InChI=1S/C17H24ClN3O4/c1-3-24-16(25-4-2)11-19-15(22)12-20-9-10-21(17(20)23)14-7-5-13(18)6-8-14/h5-8,16H,3-4,9-12H2,1-2H3,(H,19,22). The van der Waals surface area contributed by atoms with E-state index in [0.717, 1.165) is 5.69 Å². The van der Waals surface area contributed by atoms with Crippen LogP contribution in [0.25, 0.3) is 0 Å². The van der Waals surface area contributed by atoms with E-state index in [2.05, 4.69) is 5.32 Å². The van der Waals surface area contributed by atoms with E-state index in [1.165, 1.54) is 4.90 Å². The molecule has 1 N–H and O–H groups in total. The number of carbonyl (C=O) groups excluding carboxylic acids is 2. The summed E-state index contributed by atoms with van der Waals surface area (Å²) >= 11 is 5.87. The topological polar surface area (TPSA) is 71.1 Å². The van der Waals surface area contributed by atoms with E-state index in [4.69, 9.17) is 21.1 Å². The summed E-state index contributed by atoms with van der Waals surface area (Å²) in [5, 5.41) is 3.36. The van der Waals surface area contributed by atoms with Crippen molar-refractivity contribution in [2.24, 2.45) is 0 Å². The minimum Gasteiger partial charge on any atom is -0.351 e. The molecule has 2 rings (SSSR count). The Hall–Kier alpha value is -1.83. The predicted octanol–water partition coefficient (Wildman–Crippen LogP) is 2.10. The average molecular weight is 370 g/mol. The molecule has 0 bridgehead atoms. The van der Waals surface area contributed by atoms with Gasteiger partial charge in [0.05, 0.1) is 6.54 Å². The number of hydrogen-bond donors (Lipinski definition) is 1. The lowest BCUT2D eigenvalue weighted by molar-refractivity contribution is -0.140. The highest BCUT2D eigenvalue weighted by atomic mass is 35.5. The summed E-state index contributed by atoms with van der Waals surface area (Å²) < 4.78 is 10.7. The number of ether oxygens (including phenoxy) is 2. The molecule has 1 aliphatic rings. The first-order valence-corrected chi connectivity index (χ1v) is 8.74. The van der Waals surface area contributed by atoms with Gasteiger partial charge in [-0.1, -0.05) is 11.6 Å². The number of halogens is 1. The van der Waals surface area contributed by atoms with E-state index in [-0.39, 0.29) is 25.0 Å². The zero-order valence-electron chi connectivity index (χ0n) is 14.5. The van der Waals surface area contributed by atoms with Crippen LogP contribution in [0.3, 0.4) is 0 Å². The quantitative estimate of drug-likeness (QED) is 0.677. The SMILES string of the molecule is CCOC(CNC(=O)CN1CCN(c2ccc(Cl)cc2)C1=O)OCC. The van der Waals surface area contributed by atoms with Crippen LogP contribution in [0.15, 0.2) is 24.3 Å². The first-order chi connectivity index (χ1) is 12.0. The molecule has 0 saturated carbocycles. The monoisotopic (exact) mass is 369 g/mol. The molecular weight excluding hydrogens is 346 g/mol. The molecule has 3 amide bonds. The lowest BCUT2D eigenvalue weighted by atomic mass is 10.3. The van der Waals surface area contributed by atoms with Crippen molar-refractivity contribution in [3.05, 3.63) is 29.3 Å². The maximum atomic E-state index is 12.5. The minimum atomic E-state index is -0.473. The van der Waals surface area contributed by atoms with Crippen molar-refractivity contribution in [1.29, 1.82) is 0 Å². The Morgan fingerprint density at radius 3 is 2.44 bits per heavy atom. The number of carbonyl (C=O) groups is 2. The Kier molecular flexibility index (Phi) is 7.49. The second kappa shape index (κ2) is 9.60. The molecule has 7 nitrogen and oxygen atoms in total. The van der Waals surface area contributed by atoms with Gasteiger partial charge in [0.25, 0.3) is 0 Å². The Morgan fingerprint density at radius 2 is 1.84 bits per heavy atom. The molecule has 1 fully saturated rings. The molecule has 0 unspecified atom stereocenters. The molecule has 0 aliphatic carbocycles. The predicted molar refractivity (Wildman–Crippen MR) is 95.8 cm³/mol. The number of anilines is 1. The van der Waals surface area contributed by atoms with Gasteiger partial charge in [-0.25, -0.2) is 4.79 Å². The Balaban J connectivity index is 1.83. The van der Waals surface area contributed by atoms with Crippen LogP contribution in [0.4, 0.5) is 10.5 Å². The largest absolute Gasteiger partial charge is 0.351 e. The number of nitrogens with one attached hydrogen (secondary N) is 1. The van der Waals surface area contributed by atoms with Crippen LogP contribution in [-0.2, 0) is 14.3 Å². The lowest BCUT2D eigenvalue weighted by Gasteiger charge is -2.20. The van der Waals surface area contributed by atoms with Crippen molar-refractivity contribution in [3.8, 4) is 0 Å². The van der Waals surface area contributed by atoms with E-state index < -0.39 is 6.29 Å². The summed E-state index contributed by atoms with van der Waals surface area (Å²) in [7, 11) is 0. The highest BCUT2D eigenvalue weighted by molar-refractivity contribution is 6.30. The number of benzene rings is 1. The van der Waals surface area contributed by atoms with Crippen LogP contribution in [0.2, 0.25) is 5.02 Å². The average Bonchev–Trinajstić information content (AvgIpc) is 2.95. The van der Waals surface area contributed by atoms with Crippen LogP contribution >= 0.6 is 11.6 Å². The molecular formula is C17H24ClN3O4. The lowest BCUT2D eigenvalue weighted by Crippen LogP contribution is -2.43. The van der Waals surface area contributed by atoms with Gasteiger partial charge in [0.15, 0.2) is 6.29 Å². The first kappa shape index (κ1) is 19.5. The van der Waals surface area contributed by atoms with Crippen LogP contribution in [0, 0.1) is 0 Å². The molecule has 138 valence electrons. The van der Waals surface area contributed by atoms with Crippen LogP contribution < -0.4 is 10.2 Å². The van der Waals surface area contributed by atoms with E-state index in [9.17, 15) is 9.59 Å². The molecule has 25 heavy (non-hydrogen) atoms. The van der Waals surface area contributed by atoms with Crippen molar-refractivity contribution in [1.82, 2.24) is 10.2 Å². The molecule has 1 heterocycles. The zero-order chi connectivity index (χ0) is 18.2. The third-order valence-corrected chi connectivity index (χ3v) is 3.99. The summed E-state index contributed by atoms with van der Waals surface area (Å²) in [6.45, 7) is 6.02. The van der Waals surface area contributed by atoms with Gasteiger partial charge in [0, 0.05) is 37.0 Å². The van der Waals surface area contributed by atoms with E-state index in [0.29, 0.717) is 31.3 Å².